The van der Waals surface area contributed by atoms with Crippen LogP contribution in [0.3, 0.4) is 0 Å². The summed E-state index contributed by atoms with van der Waals surface area (Å²) >= 11 is 0.924. The first-order valence-electron chi connectivity index (χ1n) is 6.10. The van der Waals surface area contributed by atoms with Crippen molar-refractivity contribution in [2.75, 3.05) is 6.61 Å². The monoisotopic (exact) mass is 300 g/mol. The molecule has 1 aromatic rings. The van der Waals surface area contributed by atoms with Gasteiger partial charge in [0.05, 0.1) is 17.6 Å². The lowest BCUT2D eigenvalue weighted by Gasteiger charge is -2.18. The zero-order chi connectivity index (χ0) is 15.3. The van der Waals surface area contributed by atoms with Gasteiger partial charge < -0.3 is 9.47 Å². The van der Waals surface area contributed by atoms with E-state index in [9.17, 15) is 14.0 Å². The van der Waals surface area contributed by atoms with E-state index < -0.39 is 23.4 Å². The van der Waals surface area contributed by atoms with Gasteiger partial charge in [-0.1, -0.05) is 0 Å². The van der Waals surface area contributed by atoms with Crippen molar-refractivity contribution in [3.8, 4) is 0 Å². The molecule has 0 saturated carbocycles. The zero-order valence-corrected chi connectivity index (χ0v) is 12.7. The molecular formula is C14H17FO4S. The van der Waals surface area contributed by atoms with Gasteiger partial charge in [0.1, 0.15) is 16.3 Å². The number of halogens is 1. The molecule has 0 fully saturated rings. The van der Waals surface area contributed by atoms with Crippen molar-refractivity contribution in [3.05, 3.63) is 28.0 Å². The van der Waals surface area contributed by atoms with Gasteiger partial charge in [-0.25, -0.2) is 14.0 Å². The second-order valence-electron chi connectivity index (χ2n) is 4.91. The first-order valence-corrected chi connectivity index (χ1v) is 6.92. The van der Waals surface area contributed by atoms with Crippen molar-refractivity contribution in [1.29, 1.82) is 0 Å². The lowest BCUT2D eigenvalue weighted by atomic mass is 10.2. The van der Waals surface area contributed by atoms with E-state index in [1.807, 2.05) is 0 Å². The minimum Gasteiger partial charge on any atom is -0.463 e. The first kappa shape index (κ1) is 16.4. The van der Waals surface area contributed by atoms with Crippen molar-refractivity contribution in [3.63, 3.8) is 0 Å². The topological polar surface area (TPSA) is 52.6 Å². The highest BCUT2D eigenvalue weighted by molar-refractivity contribution is 7.15. The van der Waals surface area contributed by atoms with Gasteiger partial charge >= 0.3 is 11.9 Å². The summed E-state index contributed by atoms with van der Waals surface area (Å²) in [4.78, 5) is 23.4. The highest BCUT2D eigenvalue weighted by Crippen LogP contribution is 2.26. The van der Waals surface area contributed by atoms with Crippen LogP contribution < -0.4 is 0 Å². The standard InChI is InChI=1S/C14H17FO4S/c1-5-18-12(16)8-9(15)10-6-7-11(20-10)13(17)19-14(2,3)4/h6-8H,5H2,1-4H3. The summed E-state index contributed by atoms with van der Waals surface area (Å²) in [6.45, 7) is 7.06. The largest absolute Gasteiger partial charge is 0.463 e. The van der Waals surface area contributed by atoms with E-state index >= 15 is 0 Å². The fraction of sp³-hybridized carbons (Fsp3) is 0.429. The maximum atomic E-state index is 13.7. The van der Waals surface area contributed by atoms with Crippen molar-refractivity contribution in [1.82, 2.24) is 0 Å². The Morgan fingerprint density at radius 1 is 1.30 bits per heavy atom. The predicted octanol–water partition coefficient (Wildman–Crippen LogP) is 3.58. The van der Waals surface area contributed by atoms with Crippen molar-refractivity contribution in [2.45, 2.75) is 33.3 Å². The van der Waals surface area contributed by atoms with Gasteiger partial charge in [-0.2, -0.15) is 0 Å². The Labute approximate surface area is 121 Å². The average molecular weight is 300 g/mol. The van der Waals surface area contributed by atoms with Crippen molar-refractivity contribution < 1.29 is 23.5 Å². The van der Waals surface area contributed by atoms with E-state index in [2.05, 4.69) is 4.74 Å². The number of esters is 2. The molecule has 0 aliphatic carbocycles. The Balaban J connectivity index is 2.82. The predicted molar refractivity (Wildman–Crippen MR) is 75.2 cm³/mol. The maximum Gasteiger partial charge on any atom is 0.348 e. The molecule has 0 radical (unpaired) electrons. The molecule has 0 amide bonds. The molecule has 20 heavy (non-hydrogen) atoms. The fourth-order valence-electron chi connectivity index (χ4n) is 1.26. The summed E-state index contributed by atoms with van der Waals surface area (Å²) in [5.74, 6) is -2.00. The van der Waals surface area contributed by atoms with Crippen LogP contribution in [0.25, 0.3) is 5.83 Å². The van der Waals surface area contributed by atoms with Crippen LogP contribution in [0.4, 0.5) is 4.39 Å². The first-order chi connectivity index (χ1) is 9.23. The van der Waals surface area contributed by atoms with Crippen molar-refractivity contribution in [2.24, 2.45) is 0 Å². The van der Waals surface area contributed by atoms with E-state index in [-0.39, 0.29) is 16.4 Å². The highest BCUT2D eigenvalue weighted by Gasteiger charge is 2.20. The zero-order valence-electron chi connectivity index (χ0n) is 11.9. The number of carbonyl (C=O) groups is 2. The molecule has 6 heteroatoms. The van der Waals surface area contributed by atoms with Crippen LogP contribution in [0.5, 0.6) is 0 Å². The van der Waals surface area contributed by atoms with E-state index in [0.29, 0.717) is 0 Å². The van der Waals surface area contributed by atoms with Gasteiger partial charge in [0.25, 0.3) is 0 Å². The third-order valence-corrected chi connectivity index (χ3v) is 3.05. The number of thiophene rings is 1. The molecule has 1 heterocycles. The lowest BCUT2D eigenvalue weighted by molar-refractivity contribution is -0.137. The third kappa shape index (κ3) is 5.13. The van der Waals surface area contributed by atoms with Gasteiger partial charge in [-0.05, 0) is 39.8 Å². The molecule has 0 aromatic carbocycles. The van der Waals surface area contributed by atoms with Gasteiger partial charge in [-0.3, -0.25) is 0 Å². The van der Waals surface area contributed by atoms with E-state index in [4.69, 9.17) is 4.74 Å². The Morgan fingerprint density at radius 3 is 2.45 bits per heavy atom. The van der Waals surface area contributed by atoms with Crippen LogP contribution in [0.1, 0.15) is 42.2 Å². The Kier molecular flexibility index (Phi) is 5.44. The smallest absolute Gasteiger partial charge is 0.348 e. The van der Waals surface area contributed by atoms with Gasteiger partial charge in [0, 0.05) is 0 Å². The average Bonchev–Trinajstić information content (AvgIpc) is 2.75. The van der Waals surface area contributed by atoms with Crippen LogP contribution in [0.15, 0.2) is 18.2 Å². The minimum absolute atomic E-state index is 0.177. The van der Waals surface area contributed by atoms with Crippen LogP contribution in [-0.2, 0) is 14.3 Å². The van der Waals surface area contributed by atoms with Gasteiger partial charge in [0.2, 0.25) is 0 Å². The maximum absolute atomic E-state index is 13.7. The quantitative estimate of drug-likeness (QED) is 0.630. The molecular weight excluding hydrogens is 283 g/mol. The fourth-order valence-corrected chi connectivity index (χ4v) is 2.05. The summed E-state index contributed by atoms with van der Waals surface area (Å²) in [7, 11) is 0. The van der Waals surface area contributed by atoms with E-state index in [0.717, 1.165) is 17.4 Å². The molecule has 0 atom stereocenters. The number of carbonyl (C=O) groups excluding carboxylic acids is 2. The molecule has 0 unspecified atom stereocenters. The minimum atomic E-state index is -0.753. The number of ether oxygens (including phenoxy) is 2. The summed E-state index contributed by atoms with van der Waals surface area (Å²) in [5.41, 5.74) is -0.611. The SMILES string of the molecule is CCOC(=O)C=C(F)c1ccc(C(=O)OC(C)(C)C)s1. The number of rotatable bonds is 4. The molecule has 0 bridgehead atoms. The van der Waals surface area contributed by atoms with Crippen LogP contribution in [0.2, 0.25) is 0 Å². The summed E-state index contributed by atoms with van der Waals surface area (Å²) in [6.07, 6.45) is 0.758. The Morgan fingerprint density at radius 2 is 1.90 bits per heavy atom. The molecule has 110 valence electrons. The van der Waals surface area contributed by atoms with E-state index in [1.165, 1.54) is 12.1 Å². The number of hydrogen-bond acceptors (Lipinski definition) is 5. The van der Waals surface area contributed by atoms with Crippen LogP contribution in [-0.4, -0.2) is 24.1 Å². The van der Waals surface area contributed by atoms with Crippen LogP contribution in [0, 0.1) is 0 Å². The molecule has 0 spiro atoms. The van der Waals surface area contributed by atoms with Crippen LogP contribution >= 0.6 is 11.3 Å². The molecule has 0 N–H and O–H groups in total. The second-order valence-corrected chi connectivity index (χ2v) is 5.99. The molecule has 1 rings (SSSR count). The van der Waals surface area contributed by atoms with Crippen molar-refractivity contribution >= 4 is 29.1 Å². The molecule has 4 nitrogen and oxygen atoms in total. The third-order valence-electron chi connectivity index (χ3n) is 1.97. The normalized spacial score (nSPS) is 12.2. The molecule has 0 saturated heterocycles. The molecule has 0 aliphatic heterocycles. The van der Waals surface area contributed by atoms with Gasteiger partial charge in [0.15, 0.2) is 0 Å². The highest BCUT2D eigenvalue weighted by atomic mass is 32.1. The Hall–Kier alpha value is -1.69. The molecule has 1 aromatic heterocycles. The number of hydrogen-bond donors (Lipinski definition) is 0. The molecule has 0 aliphatic rings. The Bertz CT molecular complexity index is 526. The summed E-state index contributed by atoms with van der Waals surface area (Å²) in [6, 6.07) is 2.89. The van der Waals surface area contributed by atoms with E-state index in [1.54, 1.807) is 27.7 Å². The second kappa shape index (κ2) is 6.65. The summed E-state index contributed by atoms with van der Waals surface area (Å²) < 4.78 is 23.5. The van der Waals surface area contributed by atoms with Gasteiger partial charge in [-0.15, -0.1) is 11.3 Å². The lowest BCUT2D eigenvalue weighted by Crippen LogP contribution is -2.23. The summed E-state index contributed by atoms with van der Waals surface area (Å²) in [5, 5.41) is 0.